The van der Waals surface area contributed by atoms with Gasteiger partial charge in [-0.05, 0) is 6.92 Å². The maximum Gasteiger partial charge on any atom is 0.321 e. The van der Waals surface area contributed by atoms with Gasteiger partial charge in [-0.25, -0.2) is 4.79 Å². The van der Waals surface area contributed by atoms with Crippen LogP contribution in [0.5, 0.6) is 17.2 Å². The van der Waals surface area contributed by atoms with Crippen LogP contribution in [0.3, 0.4) is 0 Å². The van der Waals surface area contributed by atoms with Gasteiger partial charge in [0.1, 0.15) is 0 Å². The number of imide groups is 1. The van der Waals surface area contributed by atoms with Gasteiger partial charge in [-0.2, -0.15) is 0 Å². The molecule has 0 aliphatic carbocycles. The Hall–Kier alpha value is -2.97. The van der Waals surface area contributed by atoms with Crippen LogP contribution in [-0.2, 0) is 9.59 Å². The molecule has 1 saturated heterocycles. The van der Waals surface area contributed by atoms with Crippen LogP contribution in [0.1, 0.15) is 13.3 Å². The fraction of sp³-hybridized carbons (Fsp3) is 0.438. The van der Waals surface area contributed by atoms with Gasteiger partial charge < -0.3 is 24.8 Å². The number of nitrogens with one attached hydrogen (secondary N) is 3. The van der Waals surface area contributed by atoms with Crippen molar-refractivity contribution in [3.05, 3.63) is 12.1 Å². The van der Waals surface area contributed by atoms with Crippen molar-refractivity contribution in [2.24, 2.45) is 5.92 Å². The molecule has 1 aliphatic rings. The fourth-order valence-corrected chi connectivity index (χ4v) is 2.61. The molecule has 2 rings (SSSR count). The molecule has 1 aliphatic heterocycles. The highest BCUT2D eigenvalue weighted by molar-refractivity contribution is 6.01. The van der Waals surface area contributed by atoms with Crippen molar-refractivity contribution in [3.63, 3.8) is 0 Å². The highest BCUT2D eigenvalue weighted by Gasteiger charge is 2.34. The molecule has 9 nitrogen and oxygen atoms in total. The molecule has 2 unspecified atom stereocenters. The van der Waals surface area contributed by atoms with E-state index in [1.807, 2.05) is 0 Å². The first-order chi connectivity index (χ1) is 11.9. The van der Waals surface area contributed by atoms with Crippen LogP contribution in [0.25, 0.3) is 0 Å². The Bertz CT molecular complexity index is 665. The summed E-state index contributed by atoms with van der Waals surface area (Å²) in [6.07, 6.45) is -0.0794. The molecule has 4 amide bonds. The lowest BCUT2D eigenvalue weighted by molar-refractivity contribution is -0.129. The number of hydrogen-bond acceptors (Lipinski definition) is 6. The third-order valence-corrected chi connectivity index (χ3v) is 3.89. The van der Waals surface area contributed by atoms with Crippen molar-refractivity contribution in [2.45, 2.75) is 19.4 Å². The molecule has 0 saturated carbocycles. The van der Waals surface area contributed by atoms with E-state index in [1.165, 1.54) is 21.3 Å². The molecule has 0 aromatic heterocycles. The summed E-state index contributed by atoms with van der Waals surface area (Å²) in [5, 5.41) is 7.42. The van der Waals surface area contributed by atoms with Crippen molar-refractivity contribution < 1.29 is 28.6 Å². The summed E-state index contributed by atoms with van der Waals surface area (Å²) in [5.74, 6) is -0.305. The Kier molecular flexibility index (Phi) is 5.68. The van der Waals surface area contributed by atoms with E-state index in [-0.39, 0.29) is 12.3 Å². The number of rotatable bonds is 6. The van der Waals surface area contributed by atoms with Crippen molar-refractivity contribution >= 4 is 23.5 Å². The molecule has 3 N–H and O–H groups in total. The number of urea groups is 1. The molecule has 9 heteroatoms. The number of hydrogen-bond donors (Lipinski definition) is 3. The van der Waals surface area contributed by atoms with E-state index in [1.54, 1.807) is 19.1 Å². The van der Waals surface area contributed by atoms with Crippen LogP contribution in [0.15, 0.2) is 12.1 Å². The highest BCUT2D eigenvalue weighted by Crippen LogP contribution is 2.40. The minimum absolute atomic E-state index is 0.0794. The maximum atomic E-state index is 12.3. The smallest absolute Gasteiger partial charge is 0.321 e. The molecule has 0 bridgehead atoms. The first kappa shape index (κ1) is 18.4. The summed E-state index contributed by atoms with van der Waals surface area (Å²) in [7, 11) is 4.43. The van der Waals surface area contributed by atoms with Gasteiger partial charge in [0.25, 0.3) is 0 Å². The van der Waals surface area contributed by atoms with Gasteiger partial charge in [0.05, 0.1) is 27.2 Å². The summed E-state index contributed by atoms with van der Waals surface area (Å²) in [5.41, 5.74) is 0.437. The van der Waals surface area contributed by atoms with Crippen LogP contribution in [0, 0.1) is 5.92 Å². The lowest BCUT2D eigenvalue weighted by Gasteiger charge is -2.28. The number of methoxy groups -OCH3 is 3. The monoisotopic (exact) mass is 351 g/mol. The van der Waals surface area contributed by atoms with Crippen LogP contribution < -0.4 is 30.2 Å². The number of anilines is 1. The average Bonchev–Trinajstić information content (AvgIpc) is 2.57. The van der Waals surface area contributed by atoms with Crippen LogP contribution >= 0.6 is 0 Å². The second-order valence-corrected chi connectivity index (χ2v) is 5.52. The van der Waals surface area contributed by atoms with E-state index in [4.69, 9.17) is 14.2 Å². The van der Waals surface area contributed by atoms with Crippen LogP contribution in [0.2, 0.25) is 0 Å². The summed E-state index contributed by atoms with van der Waals surface area (Å²) < 4.78 is 15.7. The van der Waals surface area contributed by atoms with Gasteiger partial charge in [0.15, 0.2) is 11.5 Å². The normalized spacial score (nSPS) is 19.5. The zero-order valence-corrected chi connectivity index (χ0v) is 14.5. The first-order valence-corrected chi connectivity index (χ1v) is 7.60. The van der Waals surface area contributed by atoms with Crippen LogP contribution in [0.4, 0.5) is 10.5 Å². The summed E-state index contributed by atoms with van der Waals surface area (Å²) in [6.45, 7) is 1.67. The third-order valence-electron chi connectivity index (χ3n) is 3.89. The van der Waals surface area contributed by atoms with Crippen molar-refractivity contribution in [2.75, 3.05) is 26.6 Å². The minimum atomic E-state index is -0.653. The molecule has 136 valence electrons. The van der Waals surface area contributed by atoms with Gasteiger partial charge in [0.2, 0.25) is 17.6 Å². The Morgan fingerprint density at radius 3 is 2.20 bits per heavy atom. The van der Waals surface area contributed by atoms with E-state index < -0.39 is 23.9 Å². The van der Waals surface area contributed by atoms with Gasteiger partial charge in [-0.1, -0.05) is 0 Å². The first-order valence-electron chi connectivity index (χ1n) is 7.60. The van der Waals surface area contributed by atoms with Gasteiger partial charge in [-0.15, -0.1) is 0 Å². The van der Waals surface area contributed by atoms with Gasteiger partial charge in [-0.3, -0.25) is 14.9 Å². The average molecular weight is 351 g/mol. The highest BCUT2D eigenvalue weighted by atomic mass is 16.5. The number of carbonyl (C=O) groups excluding carboxylic acids is 3. The molecule has 1 aromatic carbocycles. The van der Waals surface area contributed by atoms with E-state index in [2.05, 4.69) is 16.0 Å². The maximum absolute atomic E-state index is 12.3. The number of carbonyl (C=O) groups is 3. The summed E-state index contributed by atoms with van der Waals surface area (Å²) >= 11 is 0. The minimum Gasteiger partial charge on any atom is -0.493 e. The molecular weight excluding hydrogens is 330 g/mol. The SMILES string of the molecule is COc1cc(NC(=O)CC2C(=O)NC(=O)NC2C)cc(OC)c1OC. The fourth-order valence-electron chi connectivity index (χ4n) is 2.61. The molecule has 0 spiro atoms. The molecule has 1 fully saturated rings. The van der Waals surface area contributed by atoms with Crippen molar-refractivity contribution in [1.82, 2.24) is 10.6 Å². The molecular formula is C16H21N3O6. The standard InChI is InChI=1S/C16H21N3O6/c1-8-10(15(21)19-16(22)17-8)7-13(20)18-9-5-11(23-2)14(25-4)12(6-9)24-3/h5-6,8,10H,7H2,1-4H3,(H,18,20)(H2,17,19,21,22). The Balaban J connectivity index is 2.12. The molecule has 0 radical (unpaired) electrons. The zero-order chi connectivity index (χ0) is 18.6. The quantitative estimate of drug-likeness (QED) is 0.701. The Labute approximate surface area is 145 Å². The second kappa shape index (κ2) is 7.73. The Morgan fingerprint density at radius 1 is 1.12 bits per heavy atom. The molecule has 2 atom stereocenters. The predicted octanol–water partition coefficient (Wildman–Crippen LogP) is 0.885. The summed E-state index contributed by atoms with van der Waals surface area (Å²) in [4.78, 5) is 35.4. The van der Waals surface area contributed by atoms with Crippen molar-refractivity contribution in [1.29, 1.82) is 0 Å². The van der Waals surface area contributed by atoms with Gasteiger partial charge in [0, 0.05) is 30.3 Å². The Morgan fingerprint density at radius 2 is 1.72 bits per heavy atom. The molecule has 1 aromatic rings. The predicted molar refractivity (Wildman–Crippen MR) is 89.0 cm³/mol. The van der Waals surface area contributed by atoms with E-state index in [0.717, 1.165) is 0 Å². The third kappa shape index (κ3) is 4.11. The van der Waals surface area contributed by atoms with E-state index in [9.17, 15) is 14.4 Å². The van der Waals surface area contributed by atoms with E-state index in [0.29, 0.717) is 22.9 Å². The van der Waals surface area contributed by atoms with Gasteiger partial charge >= 0.3 is 6.03 Å². The lowest BCUT2D eigenvalue weighted by atomic mass is 9.94. The zero-order valence-electron chi connectivity index (χ0n) is 14.5. The van der Waals surface area contributed by atoms with Crippen LogP contribution in [-0.4, -0.2) is 45.2 Å². The summed E-state index contributed by atoms with van der Waals surface area (Å²) in [6, 6.07) is 2.18. The topological polar surface area (TPSA) is 115 Å². The molecule has 1 heterocycles. The second-order valence-electron chi connectivity index (χ2n) is 5.52. The number of benzene rings is 1. The lowest BCUT2D eigenvalue weighted by Crippen LogP contribution is -2.57. The largest absolute Gasteiger partial charge is 0.493 e. The number of ether oxygens (including phenoxy) is 3. The number of amides is 4. The van der Waals surface area contributed by atoms with E-state index >= 15 is 0 Å². The van der Waals surface area contributed by atoms with Crippen molar-refractivity contribution in [3.8, 4) is 17.2 Å². The molecule has 25 heavy (non-hydrogen) atoms.